The van der Waals surface area contributed by atoms with E-state index in [0.717, 1.165) is 0 Å². The molecular weight excluding hydrogens is 452 g/mol. The van der Waals surface area contributed by atoms with E-state index in [1.54, 1.807) is 0 Å². The summed E-state index contributed by atoms with van der Waals surface area (Å²) < 4.78 is 37.4. The highest BCUT2D eigenvalue weighted by molar-refractivity contribution is 7.44. The van der Waals surface area contributed by atoms with Gasteiger partial charge in [0, 0.05) is 37.5 Å². The van der Waals surface area contributed by atoms with Crippen LogP contribution in [0.3, 0.4) is 0 Å². The van der Waals surface area contributed by atoms with Gasteiger partial charge >= 0.3 is 5.69 Å². The van der Waals surface area contributed by atoms with E-state index in [2.05, 4.69) is 11.1 Å². The minimum Gasteiger partial charge on any atom is -0.384 e. The Balaban J connectivity index is 1.67. The molecule has 1 saturated heterocycles. The molecule has 2 aliphatic carbocycles. The van der Waals surface area contributed by atoms with Crippen molar-refractivity contribution in [2.45, 2.75) is 94.7 Å². The molecule has 12 heteroatoms. The van der Waals surface area contributed by atoms with Gasteiger partial charge in [0.15, 0.2) is 0 Å². The van der Waals surface area contributed by atoms with Crippen LogP contribution in [0.1, 0.15) is 59.6 Å². The van der Waals surface area contributed by atoms with Gasteiger partial charge in [-0.2, -0.15) is 10.2 Å². The number of anilines is 1. The number of rotatable bonds is 9. The summed E-state index contributed by atoms with van der Waals surface area (Å²) in [6.07, 6.45) is -0.0817. The first-order chi connectivity index (χ1) is 15.5. The highest BCUT2D eigenvalue weighted by atomic mass is 31.2. The third kappa shape index (κ3) is 4.07. The Kier molecular flexibility index (Phi) is 6.32. The van der Waals surface area contributed by atoms with Crippen LogP contribution in [0, 0.1) is 11.3 Å². The van der Waals surface area contributed by atoms with Crippen LogP contribution in [-0.2, 0) is 13.8 Å². The normalized spacial score (nSPS) is 35.6. The quantitative estimate of drug-likeness (QED) is 0.401. The third-order valence-electron chi connectivity index (χ3n) is 6.59. The zero-order valence-electron chi connectivity index (χ0n) is 19.3. The monoisotopic (exact) mass is 483 g/mol. The lowest BCUT2D eigenvalue weighted by atomic mass is 9.92. The zero-order valence-corrected chi connectivity index (χ0v) is 20.2. The molecule has 0 aromatic carbocycles. The second-order valence-corrected chi connectivity index (χ2v) is 11.0. The molecule has 0 bridgehead atoms. The minimum atomic E-state index is -1.80. The average Bonchev–Trinajstić information content (AvgIpc) is 2.98. The Morgan fingerprint density at radius 3 is 2.76 bits per heavy atom. The molecule has 0 spiro atoms. The van der Waals surface area contributed by atoms with E-state index in [9.17, 15) is 9.90 Å². The van der Waals surface area contributed by atoms with Gasteiger partial charge in [-0.3, -0.25) is 4.57 Å². The van der Waals surface area contributed by atoms with Crippen LogP contribution in [0.5, 0.6) is 0 Å². The van der Waals surface area contributed by atoms with Gasteiger partial charge in [-0.25, -0.2) is 13.9 Å². The topological polar surface area (TPSA) is 136 Å². The molecule has 3 fully saturated rings. The van der Waals surface area contributed by atoms with Gasteiger partial charge in [0.05, 0.1) is 19.1 Å². The Labute approximate surface area is 193 Å². The fraction of sp³-hybridized carbons (Fsp3) is 0.762. The van der Waals surface area contributed by atoms with Crippen molar-refractivity contribution < 1.29 is 23.3 Å². The molecule has 4 rings (SSSR count). The molecule has 33 heavy (non-hydrogen) atoms. The predicted molar refractivity (Wildman–Crippen MR) is 118 cm³/mol. The highest BCUT2D eigenvalue weighted by Crippen LogP contribution is 2.72. The molecule has 1 aromatic heterocycles. The zero-order chi connectivity index (χ0) is 24.2. The largest absolute Gasteiger partial charge is 0.384 e. The van der Waals surface area contributed by atoms with Crippen LogP contribution in [0.4, 0.5) is 10.2 Å². The fourth-order valence-electron chi connectivity index (χ4n) is 5.21. The first-order valence-corrected chi connectivity index (χ1v) is 12.3. The summed E-state index contributed by atoms with van der Waals surface area (Å²) in [7, 11) is -1.71. The summed E-state index contributed by atoms with van der Waals surface area (Å²) in [6, 6.07) is 3.64. The third-order valence-corrected chi connectivity index (χ3v) is 8.81. The first-order valence-electron chi connectivity index (χ1n) is 11.2. The number of halogens is 1. The van der Waals surface area contributed by atoms with E-state index in [1.807, 2.05) is 32.4 Å². The van der Waals surface area contributed by atoms with Crippen molar-refractivity contribution in [3.63, 3.8) is 0 Å². The number of nitriles is 1. The lowest BCUT2D eigenvalue weighted by molar-refractivity contribution is -0.105. The van der Waals surface area contributed by atoms with Crippen molar-refractivity contribution >= 4 is 14.3 Å². The van der Waals surface area contributed by atoms with Crippen molar-refractivity contribution in [2.24, 2.45) is 0 Å². The van der Waals surface area contributed by atoms with Crippen LogP contribution < -0.4 is 11.4 Å². The number of nitrogens with two attached hydrogens (primary N) is 1. The lowest BCUT2D eigenvalue weighted by Gasteiger charge is -2.41. The average molecular weight is 483 g/mol. The Morgan fingerprint density at radius 1 is 1.45 bits per heavy atom. The van der Waals surface area contributed by atoms with Gasteiger partial charge in [0.25, 0.3) is 8.53 Å². The van der Waals surface area contributed by atoms with Gasteiger partial charge in [0.1, 0.15) is 35.0 Å². The predicted octanol–water partition coefficient (Wildman–Crippen LogP) is 2.39. The van der Waals surface area contributed by atoms with Crippen LogP contribution >= 0.6 is 8.53 Å². The number of hydrogen-bond acceptors (Lipinski definition) is 9. The second-order valence-electron chi connectivity index (χ2n) is 9.66. The standard InChI is InChI=1S/C21H31FN5O5P/c1-13(2)27(14(3)4)33(30-9-5-7-23)32-19-10-16(26-8-6-15(24)25-18(26)28)31-17(19)21(29)12-20(21,22)11-19/h6,8,13-14,16-17,29H,5,9-12H2,1-4H3,(H2,24,25,28)/t16-,17+,19-,20+,21+,33?/m1/s1. The number of fused-ring (bicyclic) bond motifs is 3. The van der Waals surface area contributed by atoms with Crippen LogP contribution in [-0.4, -0.2) is 61.0 Å². The van der Waals surface area contributed by atoms with Crippen molar-refractivity contribution in [3.05, 3.63) is 22.7 Å². The summed E-state index contributed by atoms with van der Waals surface area (Å²) in [5.41, 5.74) is 0.324. The fourth-order valence-corrected chi connectivity index (χ4v) is 7.04. The molecule has 6 atom stereocenters. The SMILES string of the molecule is CC(C)N(C(C)C)P(OCCC#N)O[C@@]12C[C@H](n3ccc(N)nc3=O)O[C@@H]1[C@@]1(O)C[C@@]1(F)C2. The van der Waals surface area contributed by atoms with Gasteiger partial charge in [0.2, 0.25) is 0 Å². The number of ether oxygens (including phenoxy) is 1. The Bertz CT molecular complexity index is 996. The lowest BCUT2D eigenvalue weighted by Crippen LogP contribution is -2.45. The van der Waals surface area contributed by atoms with Crippen molar-refractivity contribution in [3.8, 4) is 6.07 Å². The van der Waals surface area contributed by atoms with E-state index >= 15 is 4.39 Å². The minimum absolute atomic E-state index is 0.0390. The smallest absolute Gasteiger partial charge is 0.351 e. The Morgan fingerprint density at radius 2 is 2.15 bits per heavy atom. The van der Waals surface area contributed by atoms with Gasteiger partial charge in [-0.05, 0) is 33.8 Å². The summed E-state index contributed by atoms with van der Waals surface area (Å²) in [6.45, 7) is 8.18. The molecule has 3 N–H and O–H groups in total. The first kappa shape index (κ1) is 24.5. The highest BCUT2D eigenvalue weighted by Gasteiger charge is 2.86. The molecular formula is C21H31FN5O5P. The van der Waals surface area contributed by atoms with E-state index < -0.39 is 43.4 Å². The molecule has 3 aliphatic rings. The summed E-state index contributed by atoms with van der Waals surface area (Å²) in [4.78, 5) is 16.2. The van der Waals surface area contributed by atoms with Crippen molar-refractivity contribution in [1.82, 2.24) is 14.2 Å². The molecule has 1 aliphatic heterocycles. The molecule has 2 saturated carbocycles. The van der Waals surface area contributed by atoms with E-state index in [-0.39, 0.29) is 50.2 Å². The number of aromatic nitrogens is 2. The molecule has 182 valence electrons. The maximum Gasteiger partial charge on any atom is 0.351 e. The van der Waals surface area contributed by atoms with Gasteiger partial charge in [-0.1, -0.05) is 0 Å². The van der Waals surface area contributed by atoms with Gasteiger partial charge < -0.3 is 24.6 Å². The number of nitrogens with zero attached hydrogens (tertiary/aromatic N) is 4. The molecule has 1 unspecified atom stereocenters. The number of nitrogen functional groups attached to an aromatic ring is 1. The molecule has 0 radical (unpaired) electrons. The number of alkyl halides is 1. The summed E-state index contributed by atoms with van der Waals surface area (Å²) in [5.74, 6) is 0.0860. The van der Waals surface area contributed by atoms with Crippen LogP contribution in [0.2, 0.25) is 0 Å². The van der Waals surface area contributed by atoms with E-state index in [1.165, 1.54) is 16.8 Å². The van der Waals surface area contributed by atoms with Gasteiger partial charge in [-0.15, -0.1) is 0 Å². The molecule has 0 amide bonds. The van der Waals surface area contributed by atoms with Crippen LogP contribution in [0.15, 0.2) is 17.1 Å². The molecule has 10 nitrogen and oxygen atoms in total. The number of hydrogen-bond donors (Lipinski definition) is 2. The van der Waals surface area contributed by atoms with Crippen molar-refractivity contribution in [2.75, 3.05) is 12.3 Å². The van der Waals surface area contributed by atoms with E-state index in [0.29, 0.717) is 0 Å². The second kappa shape index (κ2) is 8.52. The Hall–Kier alpha value is -1.67. The summed E-state index contributed by atoms with van der Waals surface area (Å²) in [5, 5.41) is 20.0. The van der Waals surface area contributed by atoms with Crippen LogP contribution in [0.25, 0.3) is 0 Å². The molecule has 2 heterocycles. The molecule has 1 aromatic rings. The maximum absolute atomic E-state index is 15.4. The number of aliphatic hydroxyl groups is 1. The van der Waals surface area contributed by atoms with E-state index in [4.69, 9.17) is 24.8 Å². The summed E-state index contributed by atoms with van der Waals surface area (Å²) >= 11 is 0. The van der Waals surface area contributed by atoms with Crippen molar-refractivity contribution in [1.29, 1.82) is 5.26 Å². The maximum atomic E-state index is 15.4.